The zero-order valence-corrected chi connectivity index (χ0v) is 10.8. The zero-order valence-electron chi connectivity index (χ0n) is 10.8. The van der Waals surface area contributed by atoms with Gasteiger partial charge in [-0.25, -0.2) is 9.97 Å². The van der Waals surface area contributed by atoms with Gasteiger partial charge in [-0.05, 0) is 44.0 Å². The van der Waals surface area contributed by atoms with Gasteiger partial charge in [0.25, 0.3) is 0 Å². The monoisotopic (exact) mass is 242 g/mol. The second-order valence-corrected chi connectivity index (χ2v) is 4.39. The van der Waals surface area contributed by atoms with E-state index in [-0.39, 0.29) is 0 Å². The van der Waals surface area contributed by atoms with Gasteiger partial charge in [-0.15, -0.1) is 0 Å². The molecule has 0 saturated heterocycles. The van der Waals surface area contributed by atoms with Crippen LogP contribution in [0, 0.1) is 13.8 Å². The quantitative estimate of drug-likeness (QED) is 0.808. The number of benzene rings is 1. The van der Waals surface area contributed by atoms with Gasteiger partial charge in [0, 0.05) is 23.6 Å². The third kappa shape index (κ3) is 3.45. The predicted molar refractivity (Wildman–Crippen MR) is 74.6 cm³/mol. The first-order chi connectivity index (χ1) is 8.63. The summed E-state index contributed by atoms with van der Waals surface area (Å²) in [5, 5.41) is 3.24. The molecule has 0 unspecified atom stereocenters. The molecule has 0 fully saturated rings. The average molecular weight is 242 g/mol. The Morgan fingerprint density at radius 2 is 1.67 bits per heavy atom. The summed E-state index contributed by atoms with van der Waals surface area (Å²) < 4.78 is 0. The summed E-state index contributed by atoms with van der Waals surface area (Å²) in [6, 6.07) is 9.88. The number of aromatic nitrogens is 2. The lowest BCUT2D eigenvalue weighted by atomic mass is 10.1. The summed E-state index contributed by atoms with van der Waals surface area (Å²) in [5.41, 5.74) is 9.66. The van der Waals surface area contributed by atoms with Crippen LogP contribution in [0.2, 0.25) is 0 Å². The van der Waals surface area contributed by atoms with E-state index < -0.39 is 0 Å². The number of nitrogens with two attached hydrogens (primary N) is 1. The van der Waals surface area contributed by atoms with Gasteiger partial charge in [0.1, 0.15) is 0 Å². The molecule has 4 heteroatoms. The summed E-state index contributed by atoms with van der Waals surface area (Å²) in [5.74, 6) is 0.697. The van der Waals surface area contributed by atoms with Crippen LogP contribution in [0.25, 0.3) is 0 Å². The van der Waals surface area contributed by atoms with E-state index in [2.05, 4.69) is 15.3 Å². The zero-order chi connectivity index (χ0) is 13.0. The third-order valence-electron chi connectivity index (χ3n) is 2.66. The molecule has 0 aliphatic rings. The molecular weight excluding hydrogens is 224 g/mol. The molecule has 0 atom stereocenters. The molecule has 0 amide bonds. The predicted octanol–water partition coefficient (Wildman–Crippen LogP) is 2.33. The van der Waals surface area contributed by atoms with Crippen LogP contribution < -0.4 is 11.1 Å². The summed E-state index contributed by atoms with van der Waals surface area (Å²) in [4.78, 5) is 8.67. The van der Waals surface area contributed by atoms with Gasteiger partial charge in [-0.1, -0.05) is 12.1 Å². The van der Waals surface area contributed by atoms with Crippen molar-refractivity contribution in [2.75, 3.05) is 17.6 Å². The van der Waals surface area contributed by atoms with Gasteiger partial charge in [-0.2, -0.15) is 0 Å². The summed E-state index contributed by atoms with van der Waals surface area (Å²) >= 11 is 0. The van der Waals surface area contributed by atoms with Crippen molar-refractivity contribution in [3.05, 3.63) is 47.3 Å². The van der Waals surface area contributed by atoms with Crippen LogP contribution in [0.3, 0.4) is 0 Å². The van der Waals surface area contributed by atoms with E-state index in [1.807, 2.05) is 44.2 Å². The maximum atomic E-state index is 5.64. The molecule has 0 aliphatic carbocycles. The van der Waals surface area contributed by atoms with Crippen molar-refractivity contribution in [3.63, 3.8) is 0 Å². The molecule has 0 spiro atoms. The Labute approximate surface area is 107 Å². The molecule has 1 heterocycles. The van der Waals surface area contributed by atoms with Crippen LogP contribution in [0.5, 0.6) is 0 Å². The highest BCUT2D eigenvalue weighted by atomic mass is 15.1. The first kappa shape index (κ1) is 12.4. The summed E-state index contributed by atoms with van der Waals surface area (Å²) in [6.07, 6.45) is 0.927. The van der Waals surface area contributed by atoms with Gasteiger partial charge < -0.3 is 11.1 Å². The Morgan fingerprint density at radius 3 is 2.28 bits per heavy atom. The Bertz CT molecular complexity index is 500. The lowest BCUT2D eigenvalue weighted by molar-refractivity contribution is 0.963. The number of hydrogen-bond donors (Lipinski definition) is 2. The highest BCUT2D eigenvalue weighted by Gasteiger charge is 1.99. The van der Waals surface area contributed by atoms with Gasteiger partial charge >= 0.3 is 0 Å². The van der Waals surface area contributed by atoms with Crippen LogP contribution in [0.4, 0.5) is 11.6 Å². The SMILES string of the molecule is Cc1cc(C)nc(NCCc2ccc(N)cc2)n1. The Balaban J connectivity index is 1.90. The van der Waals surface area contributed by atoms with E-state index in [4.69, 9.17) is 5.73 Å². The largest absolute Gasteiger partial charge is 0.399 e. The molecule has 0 radical (unpaired) electrons. The van der Waals surface area contributed by atoms with Gasteiger partial charge in [-0.3, -0.25) is 0 Å². The molecule has 2 rings (SSSR count). The van der Waals surface area contributed by atoms with Crippen LogP contribution >= 0.6 is 0 Å². The minimum Gasteiger partial charge on any atom is -0.399 e. The van der Waals surface area contributed by atoms with Gasteiger partial charge in [0.15, 0.2) is 0 Å². The maximum absolute atomic E-state index is 5.64. The van der Waals surface area contributed by atoms with E-state index in [0.29, 0.717) is 5.95 Å². The first-order valence-corrected chi connectivity index (χ1v) is 6.04. The van der Waals surface area contributed by atoms with Crippen molar-refractivity contribution in [3.8, 4) is 0 Å². The van der Waals surface area contributed by atoms with Crippen molar-refractivity contribution in [2.45, 2.75) is 20.3 Å². The number of anilines is 2. The van der Waals surface area contributed by atoms with Crippen LogP contribution in [-0.4, -0.2) is 16.5 Å². The molecule has 2 aromatic rings. The molecule has 1 aromatic carbocycles. The molecule has 0 saturated carbocycles. The lowest BCUT2D eigenvalue weighted by Gasteiger charge is -2.06. The normalized spacial score (nSPS) is 10.3. The van der Waals surface area contributed by atoms with Crippen LogP contribution in [-0.2, 0) is 6.42 Å². The fourth-order valence-electron chi connectivity index (χ4n) is 1.81. The lowest BCUT2D eigenvalue weighted by Crippen LogP contribution is -2.09. The molecule has 0 bridgehead atoms. The van der Waals surface area contributed by atoms with Crippen LogP contribution in [0.1, 0.15) is 17.0 Å². The topological polar surface area (TPSA) is 63.8 Å². The fraction of sp³-hybridized carbons (Fsp3) is 0.286. The molecule has 4 nitrogen and oxygen atoms in total. The van der Waals surface area contributed by atoms with Crippen molar-refractivity contribution >= 4 is 11.6 Å². The highest BCUT2D eigenvalue weighted by molar-refractivity contribution is 5.39. The van der Waals surface area contributed by atoms with E-state index in [9.17, 15) is 0 Å². The standard InChI is InChI=1S/C14H18N4/c1-10-9-11(2)18-14(17-10)16-8-7-12-3-5-13(15)6-4-12/h3-6,9H,7-8,15H2,1-2H3,(H,16,17,18). The number of nitrogen functional groups attached to an aromatic ring is 1. The molecule has 0 aliphatic heterocycles. The second-order valence-electron chi connectivity index (χ2n) is 4.39. The molecule has 1 aromatic heterocycles. The van der Waals surface area contributed by atoms with Crippen molar-refractivity contribution in [1.82, 2.24) is 9.97 Å². The Morgan fingerprint density at radius 1 is 1.06 bits per heavy atom. The second kappa shape index (κ2) is 5.49. The van der Waals surface area contributed by atoms with Crippen molar-refractivity contribution in [1.29, 1.82) is 0 Å². The average Bonchev–Trinajstić information content (AvgIpc) is 2.30. The minimum atomic E-state index is 0.697. The smallest absolute Gasteiger partial charge is 0.223 e. The first-order valence-electron chi connectivity index (χ1n) is 6.04. The number of nitrogens with zero attached hydrogens (tertiary/aromatic N) is 2. The van der Waals surface area contributed by atoms with Crippen molar-refractivity contribution in [2.24, 2.45) is 0 Å². The third-order valence-corrected chi connectivity index (χ3v) is 2.66. The fourth-order valence-corrected chi connectivity index (χ4v) is 1.81. The van der Waals surface area contributed by atoms with E-state index in [1.165, 1.54) is 5.56 Å². The molecule has 94 valence electrons. The van der Waals surface area contributed by atoms with E-state index in [1.54, 1.807) is 0 Å². The maximum Gasteiger partial charge on any atom is 0.223 e. The highest BCUT2D eigenvalue weighted by Crippen LogP contribution is 2.07. The number of nitrogens with one attached hydrogen (secondary N) is 1. The van der Waals surface area contributed by atoms with Gasteiger partial charge in [0.2, 0.25) is 5.95 Å². The summed E-state index contributed by atoms with van der Waals surface area (Å²) in [7, 11) is 0. The molecule has 18 heavy (non-hydrogen) atoms. The van der Waals surface area contributed by atoms with Crippen LogP contribution in [0.15, 0.2) is 30.3 Å². The molecular formula is C14H18N4. The molecule has 3 N–H and O–H groups in total. The van der Waals surface area contributed by atoms with Crippen molar-refractivity contribution < 1.29 is 0 Å². The Kier molecular flexibility index (Phi) is 3.77. The summed E-state index contributed by atoms with van der Waals surface area (Å²) in [6.45, 7) is 4.76. The number of aryl methyl sites for hydroxylation is 2. The van der Waals surface area contributed by atoms with E-state index in [0.717, 1.165) is 30.0 Å². The van der Waals surface area contributed by atoms with Gasteiger partial charge in [0.05, 0.1) is 0 Å². The minimum absolute atomic E-state index is 0.697. The number of hydrogen-bond acceptors (Lipinski definition) is 4. The number of rotatable bonds is 4. The van der Waals surface area contributed by atoms with E-state index >= 15 is 0 Å². The Hall–Kier alpha value is -2.10.